The molecule has 0 saturated heterocycles. The SMILES string of the molecule is CN(CCOc1ccc(/C(N)=N/O)cc1)C1CC1. The maximum atomic E-state index is 8.54. The van der Waals surface area contributed by atoms with Gasteiger partial charge in [0.15, 0.2) is 5.84 Å². The molecule has 1 aromatic carbocycles. The Morgan fingerprint density at radius 3 is 2.67 bits per heavy atom. The first-order valence-electron chi connectivity index (χ1n) is 6.11. The predicted octanol–water partition coefficient (Wildman–Crippen LogP) is 1.25. The van der Waals surface area contributed by atoms with Gasteiger partial charge >= 0.3 is 0 Å². The van der Waals surface area contributed by atoms with E-state index in [9.17, 15) is 0 Å². The van der Waals surface area contributed by atoms with Gasteiger partial charge in [-0.3, -0.25) is 0 Å². The minimum absolute atomic E-state index is 0.106. The Hall–Kier alpha value is -1.75. The van der Waals surface area contributed by atoms with Gasteiger partial charge in [-0.05, 0) is 44.2 Å². The molecule has 5 nitrogen and oxygen atoms in total. The first kappa shape index (κ1) is 12.7. The molecule has 3 N–H and O–H groups in total. The largest absolute Gasteiger partial charge is 0.492 e. The van der Waals surface area contributed by atoms with E-state index >= 15 is 0 Å². The van der Waals surface area contributed by atoms with Crippen molar-refractivity contribution in [3.05, 3.63) is 29.8 Å². The molecular formula is C13H19N3O2. The zero-order valence-corrected chi connectivity index (χ0v) is 10.5. The van der Waals surface area contributed by atoms with Crippen molar-refractivity contribution in [1.29, 1.82) is 0 Å². The molecule has 98 valence electrons. The summed E-state index contributed by atoms with van der Waals surface area (Å²) in [7, 11) is 2.13. The van der Waals surface area contributed by atoms with Gasteiger partial charge < -0.3 is 20.6 Å². The molecule has 0 heterocycles. The quantitative estimate of drug-likeness (QED) is 0.344. The second-order valence-electron chi connectivity index (χ2n) is 4.57. The van der Waals surface area contributed by atoms with Crippen LogP contribution in [-0.4, -0.2) is 42.2 Å². The Kier molecular flexibility index (Phi) is 4.04. The van der Waals surface area contributed by atoms with Crippen molar-refractivity contribution in [2.24, 2.45) is 10.9 Å². The molecule has 18 heavy (non-hydrogen) atoms. The van der Waals surface area contributed by atoms with E-state index < -0.39 is 0 Å². The first-order chi connectivity index (χ1) is 8.70. The summed E-state index contributed by atoms with van der Waals surface area (Å²) < 4.78 is 5.64. The summed E-state index contributed by atoms with van der Waals surface area (Å²) in [6.07, 6.45) is 2.62. The van der Waals surface area contributed by atoms with Gasteiger partial charge in [0, 0.05) is 18.2 Å². The van der Waals surface area contributed by atoms with E-state index in [4.69, 9.17) is 15.7 Å². The standard InChI is InChI=1S/C13H19N3O2/c1-16(11-4-5-11)8-9-18-12-6-2-10(3-7-12)13(14)15-17/h2-3,6-7,11,17H,4-5,8-9H2,1H3,(H2,14,15). The average Bonchev–Trinajstić information content (AvgIpc) is 3.23. The lowest BCUT2D eigenvalue weighted by Gasteiger charge is -2.15. The minimum Gasteiger partial charge on any atom is -0.492 e. The molecule has 1 aromatic rings. The van der Waals surface area contributed by atoms with E-state index in [2.05, 4.69) is 17.1 Å². The molecule has 0 spiro atoms. The smallest absolute Gasteiger partial charge is 0.170 e. The molecule has 1 aliphatic carbocycles. The number of likely N-dealkylation sites (N-methyl/N-ethyl adjacent to an activating group) is 1. The van der Waals surface area contributed by atoms with E-state index in [1.807, 2.05) is 12.1 Å². The lowest BCUT2D eigenvalue weighted by Crippen LogP contribution is -2.26. The molecule has 1 fully saturated rings. The summed E-state index contributed by atoms with van der Waals surface area (Å²) in [5.74, 6) is 0.906. The highest BCUT2D eigenvalue weighted by Gasteiger charge is 2.25. The summed E-state index contributed by atoms with van der Waals surface area (Å²) in [6, 6.07) is 7.95. The molecule has 5 heteroatoms. The number of hydrogen-bond donors (Lipinski definition) is 2. The molecule has 1 saturated carbocycles. The maximum Gasteiger partial charge on any atom is 0.170 e. The lowest BCUT2D eigenvalue weighted by atomic mass is 10.2. The Labute approximate surface area is 107 Å². The topological polar surface area (TPSA) is 71.1 Å². The number of rotatable bonds is 6. The number of nitrogens with two attached hydrogens (primary N) is 1. The third-order valence-electron chi connectivity index (χ3n) is 3.14. The zero-order chi connectivity index (χ0) is 13.0. The molecule has 0 aromatic heterocycles. The number of nitrogens with zero attached hydrogens (tertiary/aromatic N) is 2. The van der Waals surface area contributed by atoms with Crippen molar-refractivity contribution in [2.75, 3.05) is 20.2 Å². The molecule has 0 radical (unpaired) electrons. The van der Waals surface area contributed by atoms with Crippen molar-refractivity contribution in [3.8, 4) is 5.75 Å². The van der Waals surface area contributed by atoms with Gasteiger partial charge in [-0.1, -0.05) is 5.16 Å². The van der Waals surface area contributed by atoms with Crippen LogP contribution >= 0.6 is 0 Å². The second-order valence-corrected chi connectivity index (χ2v) is 4.57. The Bertz CT molecular complexity index is 413. The average molecular weight is 249 g/mol. The number of hydrogen-bond acceptors (Lipinski definition) is 4. The van der Waals surface area contributed by atoms with Crippen molar-refractivity contribution >= 4 is 5.84 Å². The van der Waals surface area contributed by atoms with E-state index in [-0.39, 0.29) is 5.84 Å². The van der Waals surface area contributed by atoms with Gasteiger partial charge in [-0.25, -0.2) is 0 Å². The zero-order valence-electron chi connectivity index (χ0n) is 10.5. The molecule has 0 unspecified atom stereocenters. The molecular weight excluding hydrogens is 230 g/mol. The van der Waals surface area contributed by atoms with E-state index in [0.29, 0.717) is 12.2 Å². The van der Waals surface area contributed by atoms with Crippen LogP contribution in [0.4, 0.5) is 0 Å². The van der Waals surface area contributed by atoms with Crippen molar-refractivity contribution in [3.63, 3.8) is 0 Å². The fourth-order valence-corrected chi connectivity index (χ4v) is 1.79. The van der Waals surface area contributed by atoms with Gasteiger partial charge in [0.1, 0.15) is 12.4 Å². The highest BCUT2D eigenvalue weighted by molar-refractivity contribution is 5.97. The fraction of sp³-hybridized carbons (Fsp3) is 0.462. The van der Waals surface area contributed by atoms with Crippen molar-refractivity contribution in [1.82, 2.24) is 4.90 Å². The van der Waals surface area contributed by atoms with Gasteiger partial charge in [-0.15, -0.1) is 0 Å². The van der Waals surface area contributed by atoms with Crippen LogP contribution in [0.3, 0.4) is 0 Å². The van der Waals surface area contributed by atoms with E-state index in [1.165, 1.54) is 12.8 Å². The normalized spacial score (nSPS) is 16.0. The summed E-state index contributed by atoms with van der Waals surface area (Å²) >= 11 is 0. The van der Waals surface area contributed by atoms with Crippen LogP contribution in [-0.2, 0) is 0 Å². The molecule has 1 aliphatic rings. The van der Waals surface area contributed by atoms with Crippen LogP contribution in [0.25, 0.3) is 0 Å². The lowest BCUT2D eigenvalue weighted by molar-refractivity contribution is 0.232. The van der Waals surface area contributed by atoms with Crippen LogP contribution < -0.4 is 10.5 Å². The highest BCUT2D eigenvalue weighted by atomic mass is 16.5. The van der Waals surface area contributed by atoms with Gasteiger partial charge in [0.25, 0.3) is 0 Å². The Morgan fingerprint density at radius 1 is 1.44 bits per heavy atom. The summed E-state index contributed by atoms with van der Waals surface area (Å²) in [6.45, 7) is 1.61. The predicted molar refractivity (Wildman–Crippen MR) is 70.1 cm³/mol. The number of oxime groups is 1. The summed E-state index contributed by atoms with van der Waals surface area (Å²) in [5, 5.41) is 11.5. The van der Waals surface area contributed by atoms with Crippen LogP contribution in [0.15, 0.2) is 29.4 Å². The van der Waals surface area contributed by atoms with Crippen LogP contribution in [0.1, 0.15) is 18.4 Å². The highest BCUT2D eigenvalue weighted by Crippen LogP contribution is 2.24. The summed E-state index contributed by atoms with van der Waals surface area (Å²) in [5.41, 5.74) is 6.16. The van der Waals surface area contributed by atoms with E-state index in [0.717, 1.165) is 18.3 Å². The monoisotopic (exact) mass is 249 g/mol. The molecule has 2 rings (SSSR count). The van der Waals surface area contributed by atoms with E-state index in [1.54, 1.807) is 12.1 Å². The summed E-state index contributed by atoms with van der Waals surface area (Å²) in [4.78, 5) is 2.32. The van der Waals surface area contributed by atoms with Crippen LogP contribution in [0.5, 0.6) is 5.75 Å². The second kappa shape index (κ2) is 5.73. The fourth-order valence-electron chi connectivity index (χ4n) is 1.79. The van der Waals surface area contributed by atoms with Crippen LogP contribution in [0.2, 0.25) is 0 Å². The Balaban J connectivity index is 1.79. The van der Waals surface area contributed by atoms with Gasteiger partial charge in [-0.2, -0.15) is 0 Å². The van der Waals surface area contributed by atoms with Gasteiger partial charge in [0.2, 0.25) is 0 Å². The van der Waals surface area contributed by atoms with Crippen molar-refractivity contribution in [2.45, 2.75) is 18.9 Å². The Morgan fingerprint density at radius 2 is 2.11 bits per heavy atom. The third-order valence-corrected chi connectivity index (χ3v) is 3.14. The number of ether oxygens (including phenoxy) is 1. The molecule has 0 aliphatic heterocycles. The van der Waals surface area contributed by atoms with Crippen LogP contribution in [0, 0.1) is 0 Å². The van der Waals surface area contributed by atoms with Gasteiger partial charge in [0.05, 0.1) is 0 Å². The molecule has 0 atom stereocenters. The van der Waals surface area contributed by atoms with Crippen molar-refractivity contribution < 1.29 is 9.94 Å². The third kappa shape index (κ3) is 3.37. The number of benzene rings is 1. The molecule has 0 amide bonds. The number of amidine groups is 1. The molecule has 0 bridgehead atoms. The first-order valence-corrected chi connectivity index (χ1v) is 6.11. The minimum atomic E-state index is 0.106. The maximum absolute atomic E-state index is 8.54.